The van der Waals surface area contributed by atoms with Crippen molar-refractivity contribution in [2.24, 2.45) is 5.10 Å². The number of anilines is 3. The third-order valence-electron chi connectivity index (χ3n) is 4.96. The predicted molar refractivity (Wildman–Crippen MR) is 115 cm³/mol. The van der Waals surface area contributed by atoms with Crippen LogP contribution in [0.2, 0.25) is 0 Å². The number of nitrogens with one attached hydrogen (secondary N) is 1. The SMILES string of the molecule is Nc1c(C=NNc2ccc(N(O)O)cc2[N+](=O)[O-])ccc2c([O-])c3ccccc3c([O-])c12. The molecule has 0 spiro atoms. The van der Waals surface area contributed by atoms with Gasteiger partial charge in [-0.05, 0) is 33.7 Å². The third-order valence-corrected chi connectivity index (χ3v) is 4.96. The van der Waals surface area contributed by atoms with Crippen molar-refractivity contribution in [2.75, 3.05) is 16.4 Å². The lowest BCUT2D eigenvalue weighted by Gasteiger charge is -2.23. The minimum atomic E-state index is -0.722. The van der Waals surface area contributed by atoms with Crippen LogP contribution in [0.15, 0.2) is 59.7 Å². The summed E-state index contributed by atoms with van der Waals surface area (Å²) < 4.78 is 0. The first-order valence-corrected chi connectivity index (χ1v) is 9.16. The van der Waals surface area contributed by atoms with Crippen LogP contribution in [0.3, 0.4) is 0 Å². The van der Waals surface area contributed by atoms with E-state index in [-0.39, 0.29) is 49.9 Å². The van der Waals surface area contributed by atoms with Crippen LogP contribution in [0, 0.1) is 10.1 Å². The minimum absolute atomic E-state index is 0.0198. The molecule has 0 unspecified atom stereocenters. The number of nitrogen functional groups attached to an aromatic ring is 1. The molecule has 4 aromatic carbocycles. The fraction of sp³-hybridized carbons (Fsp3) is 0. The van der Waals surface area contributed by atoms with Crippen LogP contribution in [0.5, 0.6) is 11.5 Å². The second kappa shape index (κ2) is 7.91. The van der Waals surface area contributed by atoms with Crippen molar-refractivity contribution in [3.05, 3.63) is 70.3 Å². The molecular formula is C21H15N5O6-2. The Morgan fingerprint density at radius 1 is 1.00 bits per heavy atom. The molecule has 0 aliphatic heterocycles. The van der Waals surface area contributed by atoms with Gasteiger partial charge in [0.2, 0.25) is 0 Å². The van der Waals surface area contributed by atoms with Crippen molar-refractivity contribution < 1.29 is 25.6 Å². The van der Waals surface area contributed by atoms with E-state index in [0.29, 0.717) is 10.9 Å². The molecular weight excluding hydrogens is 418 g/mol. The maximum Gasteiger partial charge on any atom is 0.296 e. The highest BCUT2D eigenvalue weighted by atomic mass is 16.8. The van der Waals surface area contributed by atoms with E-state index in [1.807, 2.05) is 0 Å². The number of hydrazone groups is 1. The van der Waals surface area contributed by atoms with Gasteiger partial charge in [0.25, 0.3) is 5.69 Å². The topological polar surface area (TPSA) is 183 Å². The van der Waals surface area contributed by atoms with E-state index < -0.39 is 10.6 Å². The monoisotopic (exact) mass is 433 g/mol. The molecule has 11 nitrogen and oxygen atoms in total. The van der Waals surface area contributed by atoms with E-state index in [2.05, 4.69) is 10.5 Å². The van der Waals surface area contributed by atoms with E-state index in [9.17, 15) is 20.3 Å². The quantitative estimate of drug-likeness (QED) is 0.121. The van der Waals surface area contributed by atoms with Crippen LogP contribution in [0.4, 0.5) is 22.7 Å². The molecule has 0 aliphatic rings. The van der Waals surface area contributed by atoms with Gasteiger partial charge in [0.05, 0.1) is 11.1 Å². The highest BCUT2D eigenvalue weighted by Crippen LogP contribution is 2.41. The van der Waals surface area contributed by atoms with Crippen molar-refractivity contribution in [3.8, 4) is 11.5 Å². The summed E-state index contributed by atoms with van der Waals surface area (Å²) in [6, 6.07) is 12.9. The van der Waals surface area contributed by atoms with Crippen molar-refractivity contribution >= 4 is 50.5 Å². The van der Waals surface area contributed by atoms with Crippen LogP contribution in [0.1, 0.15) is 5.56 Å². The summed E-state index contributed by atoms with van der Waals surface area (Å²) in [7, 11) is 0. The Kier molecular flexibility index (Phi) is 5.10. The van der Waals surface area contributed by atoms with Gasteiger partial charge < -0.3 is 15.9 Å². The fourth-order valence-corrected chi connectivity index (χ4v) is 3.40. The maximum atomic E-state index is 12.9. The lowest BCUT2D eigenvalue weighted by atomic mass is 9.97. The first-order valence-electron chi connectivity index (χ1n) is 9.16. The second-order valence-corrected chi connectivity index (χ2v) is 6.81. The Hall–Kier alpha value is -4.61. The van der Waals surface area contributed by atoms with Crippen molar-refractivity contribution in [1.29, 1.82) is 0 Å². The molecule has 0 saturated heterocycles. The first-order chi connectivity index (χ1) is 15.3. The smallest absolute Gasteiger partial charge is 0.296 e. The number of rotatable bonds is 5. The standard InChI is InChI=1S/C21H17N5O6/c22-19-11(10-23-24-16-8-6-12(25(29)30)9-17(16)26(31)32)5-7-15-18(19)21(28)14-4-2-1-3-13(14)20(15)27/h1-10,24,27-30H,22H2/p-2. The minimum Gasteiger partial charge on any atom is -0.872 e. The largest absolute Gasteiger partial charge is 0.872 e. The number of nitro benzene ring substituents is 1. The first kappa shape index (κ1) is 20.7. The van der Waals surface area contributed by atoms with E-state index in [4.69, 9.17) is 16.1 Å². The van der Waals surface area contributed by atoms with Gasteiger partial charge in [-0.1, -0.05) is 47.9 Å². The highest BCUT2D eigenvalue weighted by Gasteiger charge is 2.16. The molecule has 0 bridgehead atoms. The van der Waals surface area contributed by atoms with Crippen LogP contribution < -0.4 is 26.6 Å². The van der Waals surface area contributed by atoms with Gasteiger partial charge in [0, 0.05) is 17.3 Å². The molecule has 0 amide bonds. The number of nitrogens with two attached hydrogens (primary N) is 1. The van der Waals surface area contributed by atoms with E-state index in [1.165, 1.54) is 30.5 Å². The maximum absolute atomic E-state index is 12.9. The second-order valence-electron chi connectivity index (χ2n) is 6.81. The summed E-state index contributed by atoms with van der Waals surface area (Å²) in [6.45, 7) is 0. The van der Waals surface area contributed by atoms with Gasteiger partial charge in [-0.2, -0.15) is 5.10 Å². The van der Waals surface area contributed by atoms with Crippen molar-refractivity contribution in [2.45, 2.75) is 0 Å². The lowest BCUT2D eigenvalue weighted by Crippen LogP contribution is -2.11. The van der Waals surface area contributed by atoms with Crippen LogP contribution >= 0.6 is 0 Å². The van der Waals surface area contributed by atoms with E-state index in [0.717, 1.165) is 6.07 Å². The van der Waals surface area contributed by atoms with Crippen LogP contribution in [-0.2, 0) is 0 Å². The van der Waals surface area contributed by atoms with Gasteiger partial charge in [0.1, 0.15) is 11.4 Å². The highest BCUT2D eigenvalue weighted by molar-refractivity contribution is 6.16. The van der Waals surface area contributed by atoms with E-state index in [1.54, 1.807) is 24.3 Å². The molecule has 0 atom stereocenters. The number of benzene rings is 4. The number of fused-ring (bicyclic) bond motifs is 2. The molecule has 5 N–H and O–H groups in total. The van der Waals surface area contributed by atoms with Gasteiger partial charge in [-0.15, -0.1) is 5.23 Å². The average molecular weight is 433 g/mol. The molecule has 0 heterocycles. The predicted octanol–water partition coefficient (Wildman–Crippen LogP) is 2.66. The van der Waals surface area contributed by atoms with Gasteiger partial charge in [-0.3, -0.25) is 26.0 Å². The number of nitrogens with zero attached hydrogens (tertiary/aromatic N) is 3. The zero-order valence-corrected chi connectivity index (χ0v) is 16.2. The summed E-state index contributed by atoms with van der Waals surface area (Å²) in [5.74, 6) is -0.680. The summed E-state index contributed by atoms with van der Waals surface area (Å²) in [5, 5.41) is 59.5. The molecule has 0 aliphatic carbocycles. The number of hydrogen-bond donors (Lipinski definition) is 4. The normalized spacial score (nSPS) is 11.3. The molecule has 162 valence electrons. The van der Waals surface area contributed by atoms with Crippen molar-refractivity contribution in [1.82, 2.24) is 0 Å². The lowest BCUT2D eigenvalue weighted by molar-refractivity contribution is -0.383. The Balaban J connectivity index is 1.73. The third kappa shape index (κ3) is 3.43. The number of nitro groups is 1. The summed E-state index contributed by atoms with van der Waals surface area (Å²) in [4.78, 5) is 10.5. The fourth-order valence-electron chi connectivity index (χ4n) is 3.40. The molecule has 0 radical (unpaired) electrons. The Morgan fingerprint density at radius 3 is 2.34 bits per heavy atom. The Morgan fingerprint density at radius 2 is 1.69 bits per heavy atom. The molecule has 11 heteroatoms. The van der Waals surface area contributed by atoms with Gasteiger partial charge in [-0.25, -0.2) is 0 Å². The zero-order chi connectivity index (χ0) is 23.0. The van der Waals surface area contributed by atoms with Crippen molar-refractivity contribution in [3.63, 3.8) is 0 Å². The van der Waals surface area contributed by atoms with Gasteiger partial charge in [0.15, 0.2) is 0 Å². The molecule has 32 heavy (non-hydrogen) atoms. The summed E-state index contributed by atoms with van der Waals surface area (Å²) in [6.07, 6.45) is 1.26. The molecule has 0 saturated carbocycles. The van der Waals surface area contributed by atoms with E-state index >= 15 is 0 Å². The summed E-state index contributed by atoms with van der Waals surface area (Å²) >= 11 is 0. The summed E-state index contributed by atoms with van der Waals surface area (Å²) in [5.41, 5.74) is 8.35. The molecule has 0 aromatic heterocycles. The zero-order valence-electron chi connectivity index (χ0n) is 16.2. The Bertz CT molecular complexity index is 1400. The Labute approximate surface area is 179 Å². The van der Waals surface area contributed by atoms with Crippen LogP contribution in [-0.4, -0.2) is 21.6 Å². The number of hydrogen-bond acceptors (Lipinski definition) is 10. The molecule has 0 fully saturated rings. The van der Waals surface area contributed by atoms with Gasteiger partial charge >= 0.3 is 0 Å². The average Bonchev–Trinajstić information content (AvgIpc) is 2.78. The van der Waals surface area contributed by atoms with Crippen LogP contribution in [0.25, 0.3) is 21.5 Å². The molecule has 4 rings (SSSR count). The molecule has 4 aromatic rings.